The molecule has 4 heteroatoms. The molecule has 2 N–H and O–H groups in total. The topological polar surface area (TPSA) is 49.3 Å². The third kappa shape index (κ3) is 3.26. The molecule has 1 aliphatic carbocycles. The molecular formula is C14H16ClNO2. The van der Waals surface area contributed by atoms with Crippen molar-refractivity contribution in [3.05, 3.63) is 41.4 Å². The third-order valence-electron chi connectivity index (χ3n) is 3.19. The summed E-state index contributed by atoms with van der Waals surface area (Å²) in [6.07, 6.45) is 6.83. The van der Waals surface area contributed by atoms with Crippen LogP contribution in [0.5, 0.6) is 0 Å². The van der Waals surface area contributed by atoms with E-state index in [4.69, 9.17) is 11.6 Å². The van der Waals surface area contributed by atoms with E-state index in [0.717, 1.165) is 24.9 Å². The second kappa shape index (κ2) is 5.91. The van der Waals surface area contributed by atoms with E-state index in [9.17, 15) is 9.90 Å². The van der Waals surface area contributed by atoms with E-state index in [1.807, 2.05) is 12.1 Å². The van der Waals surface area contributed by atoms with Gasteiger partial charge in [-0.2, -0.15) is 0 Å². The molecule has 2 atom stereocenters. The molecule has 18 heavy (non-hydrogen) atoms. The van der Waals surface area contributed by atoms with E-state index in [2.05, 4.69) is 17.5 Å². The minimum atomic E-state index is -0.810. The van der Waals surface area contributed by atoms with E-state index in [1.54, 1.807) is 12.1 Å². The zero-order valence-electron chi connectivity index (χ0n) is 9.97. The Morgan fingerprint density at radius 3 is 2.89 bits per heavy atom. The van der Waals surface area contributed by atoms with Gasteiger partial charge in [0.05, 0.1) is 0 Å². The molecule has 0 radical (unpaired) electrons. The summed E-state index contributed by atoms with van der Waals surface area (Å²) in [4.78, 5) is 11.4. The highest BCUT2D eigenvalue weighted by molar-refractivity contribution is 6.30. The van der Waals surface area contributed by atoms with Crippen molar-refractivity contribution in [2.75, 3.05) is 5.32 Å². The predicted molar refractivity (Wildman–Crippen MR) is 73.0 cm³/mol. The molecule has 1 aromatic rings. The van der Waals surface area contributed by atoms with E-state index in [0.29, 0.717) is 5.02 Å². The molecule has 2 rings (SSSR count). The molecule has 0 aliphatic heterocycles. The molecule has 0 saturated heterocycles. The Labute approximate surface area is 111 Å². The highest BCUT2D eigenvalue weighted by Crippen LogP contribution is 2.25. The van der Waals surface area contributed by atoms with Crippen LogP contribution in [0.4, 0.5) is 5.69 Å². The van der Waals surface area contributed by atoms with Crippen molar-refractivity contribution in [1.29, 1.82) is 0 Å². The summed E-state index contributed by atoms with van der Waals surface area (Å²) in [5.41, 5.74) is 0.754. The van der Waals surface area contributed by atoms with Gasteiger partial charge < -0.3 is 10.4 Å². The molecular weight excluding hydrogens is 250 g/mol. The number of carboxylic acids is 1. The molecule has 0 saturated carbocycles. The molecule has 0 heterocycles. The summed E-state index contributed by atoms with van der Waals surface area (Å²) in [5, 5.41) is 13.0. The predicted octanol–water partition coefficient (Wildman–Crippen LogP) is 3.56. The molecule has 96 valence electrons. The molecule has 0 bridgehead atoms. The Morgan fingerprint density at radius 2 is 2.28 bits per heavy atom. The summed E-state index contributed by atoms with van der Waals surface area (Å²) in [6, 6.07) is 6.60. The quantitative estimate of drug-likeness (QED) is 0.819. The van der Waals surface area contributed by atoms with Gasteiger partial charge in [-0.3, -0.25) is 0 Å². The maximum atomic E-state index is 11.4. The van der Waals surface area contributed by atoms with E-state index < -0.39 is 12.0 Å². The first-order chi connectivity index (χ1) is 8.66. The number of carbonyl (C=O) groups is 1. The van der Waals surface area contributed by atoms with Crippen LogP contribution in [0.2, 0.25) is 5.02 Å². The molecule has 0 spiro atoms. The Morgan fingerprint density at radius 1 is 1.44 bits per heavy atom. The number of benzene rings is 1. The SMILES string of the molecule is O=C(O)C(Nc1cccc(Cl)c1)C1CC=CCC1. The van der Waals surface area contributed by atoms with Gasteiger partial charge in [-0.15, -0.1) is 0 Å². The lowest BCUT2D eigenvalue weighted by Gasteiger charge is -2.26. The molecule has 3 nitrogen and oxygen atoms in total. The maximum absolute atomic E-state index is 11.4. The van der Waals surface area contributed by atoms with Gasteiger partial charge in [-0.1, -0.05) is 29.8 Å². The molecule has 1 aromatic carbocycles. The smallest absolute Gasteiger partial charge is 0.326 e. The fourth-order valence-electron chi connectivity index (χ4n) is 2.26. The van der Waals surface area contributed by atoms with Gasteiger partial charge >= 0.3 is 5.97 Å². The van der Waals surface area contributed by atoms with Gasteiger partial charge in [-0.05, 0) is 43.4 Å². The monoisotopic (exact) mass is 265 g/mol. The highest BCUT2D eigenvalue weighted by atomic mass is 35.5. The number of aliphatic carboxylic acids is 1. The summed E-state index contributed by atoms with van der Waals surface area (Å²) >= 11 is 5.90. The van der Waals surface area contributed by atoms with Crippen LogP contribution < -0.4 is 5.32 Å². The van der Waals surface area contributed by atoms with Gasteiger partial charge in [-0.25, -0.2) is 4.79 Å². The minimum absolute atomic E-state index is 0.131. The van der Waals surface area contributed by atoms with Crippen molar-refractivity contribution in [2.45, 2.75) is 25.3 Å². The van der Waals surface area contributed by atoms with Crippen molar-refractivity contribution >= 4 is 23.3 Å². The van der Waals surface area contributed by atoms with Crippen molar-refractivity contribution in [2.24, 2.45) is 5.92 Å². The number of carboxylic acid groups (broad SMARTS) is 1. The van der Waals surface area contributed by atoms with Crippen LogP contribution in [0.1, 0.15) is 19.3 Å². The van der Waals surface area contributed by atoms with Gasteiger partial charge in [0, 0.05) is 10.7 Å². The summed E-state index contributed by atoms with van der Waals surface area (Å²) in [7, 11) is 0. The highest BCUT2D eigenvalue weighted by Gasteiger charge is 2.27. The lowest BCUT2D eigenvalue weighted by Crippen LogP contribution is -2.37. The van der Waals surface area contributed by atoms with Crippen LogP contribution >= 0.6 is 11.6 Å². The van der Waals surface area contributed by atoms with Crippen LogP contribution in [0, 0.1) is 5.92 Å². The van der Waals surface area contributed by atoms with Crippen LogP contribution in [0.15, 0.2) is 36.4 Å². The van der Waals surface area contributed by atoms with Gasteiger partial charge in [0.1, 0.15) is 6.04 Å². The third-order valence-corrected chi connectivity index (χ3v) is 3.43. The van der Waals surface area contributed by atoms with Crippen LogP contribution in [0.3, 0.4) is 0 Å². The number of rotatable bonds is 4. The lowest BCUT2D eigenvalue weighted by atomic mass is 9.87. The summed E-state index contributed by atoms with van der Waals surface area (Å²) < 4.78 is 0. The largest absolute Gasteiger partial charge is 0.480 e. The zero-order valence-corrected chi connectivity index (χ0v) is 10.7. The van der Waals surface area contributed by atoms with Crippen LogP contribution in [0.25, 0.3) is 0 Å². The summed E-state index contributed by atoms with van der Waals surface area (Å²) in [5.74, 6) is -0.679. The lowest BCUT2D eigenvalue weighted by molar-refractivity contribution is -0.139. The van der Waals surface area contributed by atoms with Crippen molar-refractivity contribution in [1.82, 2.24) is 0 Å². The van der Waals surface area contributed by atoms with Gasteiger partial charge in [0.2, 0.25) is 0 Å². The van der Waals surface area contributed by atoms with E-state index in [-0.39, 0.29) is 5.92 Å². The second-order valence-corrected chi connectivity index (χ2v) is 4.95. The number of hydrogen-bond acceptors (Lipinski definition) is 2. The van der Waals surface area contributed by atoms with E-state index in [1.165, 1.54) is 0 Å². The van der Waals surface area contributed by atoms with Gasteiger partial charge in [0.25, 0.3) is 0 Å². The number of nitrogens with one attached hydrogen (secondary N) is 1. The number of allylic oxidation sites excluding steroid dienone is 2. The Hall–Kier alpha value is -1.48. The average Bonchev–Trinajstić information content (AvgIpc) is 2.37. The van der Waals surface area contributed by atoms with Crippen molar-refractivity contribution in [3.63, 3.8) is 0 Å². The van der Waals surface area contributed by atoms with Gasteiger partial charge in [0.15, 0.2) is 0 Å². The molecule has 1 aliphatic rings. The molecule has 0 fully saturated rings. The fourth-order valence-corrected chi connectivity index (χ4v) is 2.45. The fraction of sp³-hybridized carbons (Fsp3) is 0.357. The number of anilines is 1. The first-order valence-corrected chi connectivity index (χ1v) is 6.44. The number of halogens is 1. The number of hydrogen-bond donors (Lipinski definition) is 2. The normalized spacial score (nSPS) is 20.4. The Bertz CT molecular complexity index is 459. The zero-order chi connectivity index (χ0) is 13.0. The van der Waals surface area contributed by atoms with E-state index >= 15 is 0 Å². The maximum Gasteiger partial charge on any atom is 0.326 e. The molecule has 2 unspecified atom stereocenters. The molecule has 0 amide bonds. The van der Waals surface area contributed by atoms with Crippen molar-refractivity contribution in [3.8, 4) is 0 Å². The minimum Gasteiger partial charge on any atom is -0.480 e. The molecule has 0 aromatic heterocycles. The standard InChI is InChI=1S/C14H16ClNO2/c15-11-7-4-8-12(9-11)16-13(14(17)18)10-5-2-1-3-6-10/h1-2,4,7-10,13,16H,3,5-6H2,(H,17,18). The average molecular weight is 266 g/mol. The van der Waals surface area contributed by atoms with Crippen LogP contribution in [-0.4, -0.2) is 17.1 Å². The van der Waals surface area contributed by atoms with Crippen molar-refractivity contribution < 1.29 is 9.90 Å². The first kappa shape index (κ1) is 13.0. The second-order valence-electron chi connectivity index (χ2n) is 4.52. The van der Waals surface area contributed by atoms with Crippen LogP contribution in [-0.2, 0) is 4.79 Å². The summed E-state index contributed by atoms with van der Waals surface area (Å²) in [6.45, 7) is 0. The Kier molecular flexibility index (Phi) is 4.26. The first-order valence-electron chi connectivity index (χ1n) is 6.07. The Balaban J connectivity index is 2.11.